The lowest BCUT2D eigenvalue weighted by molar-refractivity contribution is -0.00419. The number of benzene rings is 1. The van der Waals surface area contributed by atoms with Crippen molar-refractivity contribution in [2.24, 2.45) is 0 Å². The van der Waals surface area contributed by atoms with Gasteiger partial charge in [-0.05, 0) is 19.1 Å². The van der Waals surface area contributed by atoms with E-state index >= 15 is 0 Å². The van der Waals surface area contributed by atoms with Crippen molar-refractivity contribution in [1.82, 2.24) is 0 Å². The van der Waals surface area contributed by atoms with Crippen LogP contribution in [-0.2, 0) is 9.47 Å². The molecule has 0 amide bonds. The number of rotatable bonds is 9. The van der Waals surface area contributed by atoms with Gasteiger partial charge in [-0.3, -0.25) is 4.79 Å². The van der Waals surface area contributed by atoms with Gasteiger partial charge in [0.05, 0.1) is 19.8 Å². The number of carbonyl (C=O) groups excluding carboxylic acids is 1. The molecule has 0 aliphatic heterocycles. The van der Waals surface area contributed by atoms with Gasteiger partial charge in [0.1, 0.15) is 18.5 Å². The number of hydrogen-bond donors (Lipinski definition) is 1. The molecule has 5 heteroatoms. The van der Waals surface area contributed by atoms with E-state index in [2.05, 4.69) is 0 Å². The smallest absolute Gasteiger partial charge is 0.159 e. The van der Waals surface area contributed by atoms with Crippen molar-refractivity contribution in [2.75, 3.05) is 33.5 Å². The summed E-state index contributed by atoms with van der Waals surface area (Å²) < 4.78 is 15.4. The molecule has 1 rings (SSSR count). The lowest BCUT2D eigenvalue weighted by Crippen LogP contribution is -2.24. The predicted octanol–water partition coefficient (Wildman–Crippen LogP) is 1.29. The molecule has 1 atom stereocenters. The topological polar surface area (TPSA) is 65.0 Å². The van der Waals surface area contributed by atoms with Crippen molar-refractivity contribution < 1.29 is 24.1 Å². The van der Waals surface area contributed by atoms with Crippen LogP contribution in [0.15, 0.2) is 24.3 Å². The van der Waals surface area contributed by atoms with Gasteiger partial charge < -0.3 is 19.3 Å². The molecule has 1 unspecified atom stereocenters. The fraction of sp³-hybridized carbons (Fsp3) is 0.500. The Morgan fingerprint density at radius 1 is 1.32 bits per heavy atom. The second-order valence-electron chi connectivity index (χ2n) is 4.12. The third kappa shape index (κ3) is 6.33. The van der Waals surface area contributed by atoms with Crippen molar-refractivity contribution in [2.45, 2.75) is 13.0 Å². The average molecular weight is 268 g/mol. The summed E-state index contributed by atoms with van der Waals surface area (Å²) >= 11 is 0. The molecule has 0 radical (unpaired) electrons. The summed E-state index contributed by atoms with van der Waals surface area (Å²) in [7, 11) is 1.59. The van der Waals surface area contributed by atoms with Crippen LogP contribution in [0.2, 0.25) is 0 Å². The van der Waals surface area contributed by atoms with E-state index in [1.165, 1.54) is 6.92 Å². The minimum Gasteiger partial charge on any atom is -0.491 e. The van der Waals surface area contributed by atoms with E-state index in [1.807, 2.05) is 0 Å². The molecule has 0 fully saturated rings. The number of methoxy groups -OCH3 is 1. The molecule has 0 saturated carbocycles. The maximum absolute atomic E-state index is 11.2. The van der Waals surface area contributed by atoms with Gasteiger partial charge >= 0.3 is 0 Å². The van der Waals surface area contributed by atoms with Crippen LogP contribution >= 0.6 is 0 Å². The number of hydrogen-bond acceptors (Lipinski definition) is 5. The van der Waals surface area contributed by atoms with Crippen LogP contribution in [-0.4, -0.2) is 50.5 Å². The summed E-state index contributed by atoms with van der Waals surface area (Å²) in [5.74, 6) is 0.539. The molecule has 0 spiro atoms. The first-order valence-corrected chi connectivity index (χ1v) is 6.12. The van der Waals surface area contributed by atoms with E-state index in [1.54, 1.807) is 31.4 Å². The molecule has 0 bridgehead atoms. The Morgan fingerprint density at radius 2 is 2.11 bits per heavy atom. The summed E-state index contributed by atoms with van der Waals surface area (Å²) in [6.07, 6.45) is -0.710. The van der Waals surface area contributed by atoms with Gasteiger partial charge in [-0.2, -0.15) is 0 Å². The maximum Gasteiger partial charge on any atom is 0.159 e. The molecule has 5 nitrogen and oxygen atoms in total. The summed E-state index contributed by atoms with van der Waals surface area (Å²) in [4.78, 5) is 11.2. The Morgan fingerprint density at radius 3 is 2.79 bits per heavy atom. The molecule has 19 heavy (non-hydrogen) atoms. The van der Waals surface area contributed by atoms with E-state index in [0.717, 1.165) is 0 Å². The second kappa shape index (κ2) is 8.63. The lowest BCUT2D eigenvalue weighted by atomic mass is 10.1. The van der Waals surface area contributed by atoms with Crippen LogP contribution in [0, 0.1) is 0 Å². The van der Waals surface area contributed by atoms with Crippen molar-refractivity contribution in [3.05, 3.63) is 29.8 Å². The maximum atomic E-state index is 11.2. The first-order valence-electron chi connectivity index (χ1n) is 6.12. The third-order valence-corrected chi connectivity index (χ3v) is 2.42. The highest BCUT2D eigenvalue weighted by Gasteiger charge is 2.06. The second-order valence-corrected chi connectivity index (χ2v) is 4.12. The zero-order chi connectivity index (χ0) is 14.1. The Balaban J connectivity index is 2.31. The first-order chi connectivity index (χ1) is 9.13. The minimum atomic E-state index is -0.710. The molecule has 0 saturated heterocycles. The summed E-state index contributed by atoms with van der Waals surface area (Å²) in [6, 6.07) is 6.86. The van der Waals surface area contributed by atoms with Gasteiger partial charge in [0, 0.05) is 12.7 Å². The Hall–Kier alpha value is -1.43. The normalized spacial score (nSPS) is 12.2. The summed E-state index contributed by atoms with van der Waals surface area (Å²) in [5.41, 5.74) is 0.586. The van der Waals surface area contributed by atoms with Crippen LogP contribution in [0.3, 0.4) is 0 Å². The SMILES string of the molecule is COCCOCC(O)COc1cccc(C(C)=O)c1. The zero-order valence-corrected chi connectivity index (χ0v) is 11.3. The highest BCUT2D eigenvalue weighted by atomic mass is 16.5. The standard InChI is InChI=1S/C14H20O5/c1-11(15)12-4-3-5-14(8-12)19-10-13(16)9-18-7-6-17-2/h3-5,8,13,16H,6-7,9-10H2,1-2H3. The molecule has 0 heterocycles. The van der Waals surface area contributed by atoms with Crippen LogP contribution in [0.1, 0.15) is 17.3 Å². The zero-order valence-electron chi connectivity index (χ0n) is 11.3. The fourth-order valence-electron chi connectivity index (χ4n) is 1.41. The summed E-state index contributed by atoms with van der Waals surface area (Å²) in [5, 5.41) is 9.63. The van der Waals surface area contributed by atoms with Crippen LogP contribution in [0.25, 0.3) is 0 Å². The monoisotopic (exact) mass is 268 g/mol. The molecule has 0 aromatic heterocycles. The van der Waals surface area contributed by atoms with E-state index in [9.17, 15) is 9.90 Å². The van der Waals surface area contributed by atoms with Gasteiger partial charge in [0.15, 0.2) is 5.78 Å². The highest BCUT2D eigenvalue weighted by Crippen LogP contribution is 2.13. The minimum absolute atomic E-state index is 0.0195. The van der Waals surface area contributed by atoms with Crippen molar-refractivity contribution in [3.8, 4) is 5.75 Å². The van der Waals surface area contributed by atoms with Gasteiger partial charge in [-0.15, -0.1) is 0 Å². The van der Waals surface area contributed by atoms with Gasteiger partial charge in [0.25, 0.3) is 0 Å². The van der Waals surface area contributed by atoms with Crippen molar-refractivity contribution in [1.29, 1.82) is 0 Å². The molecule has 0 aliphatic carbocycles. The molecule has 106 valence electrons. The first kappa shape index (κ1) is 15.6. The predicted molar refractivity (Wildman–Crippen MR) is 70.6 cm³/mol. The number of aliphatic hydroxyl groups is 1. The lowest BCUT2D eigenvalue weighted by Gasteiger charge is -2.13. The van der Waals surface area contributed by atoms with E-state index in [4.69, 9.17) is 14.2 Å². The Kier molecular flexibility index (Phi) is 7.10. The van der Waals surface area contributed by atoms with E-state index < -0.39 is 6.10 Å². The number of aliphatic hydroxyl groups excluding tert-OH is 1. The summed E-state index contributed by atoms with van der Waals surface area (Å²) in [6.45, 7) is 2.74. The van der Waals surface area contributed by atoms with Crippen molar-refractivity contribution >= 4 is 5.78 Å². The molecular formula is C14H20O5. The largest absolute Gasteiger partial charge is 0.491 e. The van der Waals surface area contributed by atoms with Crippen LogP contribution < -0.4 is 4.74 Å². The van der Waals surface area contributed by atoms with Crippen LogP contribution in [0.4, 0.5) is 0 Å². The van der Waals surface area contributed by atoms with Gasteiger partial charge in [0.2, 0.25) is 0 Å². The number of carbonyl (C=O) groups is 1. The average Bonchev–Trinajstić information content (AvgIpc) is 2.41. The van der Waals surface area contributed by atoms with Crippen molar-refractivity contribution in [3.63, 3.8) is 0 Å². The molecule has 1 aromatic rings. The van der Waals surface area contributed by atoms with Gasteiger partial charge in [-0.1, -0.05) is 12.1 Å². The third-order valence-electron chi connectivity index (χ3n) is 2.42. The molecule has 0 aliphatic rings. The van der Waals surface area contributed by atoms with Gasteiger partial charge in [-0.25, -0.2) is 0 Å². The number of ketones is 1. The quantitative estimate of drug-likeness (QED) is 0.540. The molecule has 1 N–H and O–H groups in total. The van der Waals surface area contributed by atoms with E-state index in [-0.39, 0.29) is 19.0 Å². The molecule has 1 aromatic carbocycles. The fourth-order valence-corrected chi connectivity index (χ4v) is 1.41. The highest BCUT2D eigenvalue weighted by molar-refractivity contribution is 5.94. The Bertz CT molecular complexity index is 391. The van der Waals surface area contributed by atoms with Crippen LogP contribution in [0.5, 0.6) is 5.75 Å². The number of Topliss-reactive ketones (excluding diaryl/α,β-unsaturated/α-hetero) is 1. The van der Waals surface area contributed by atoms with E-state index in [0.29, 0.717) is 24.5 Å². The number of ether oxygens (including phenoxy) is 3. The Labute approximate surface area is 113 Å². The molecular weight excluding hydrogens is 248 g/mol.